The Labute approximate surface area is 227 Å². The zero-order chi connectivity index (χ0) is 26.5. The summed E-state index contributed by atoms with van der Waals surface area (Å²) in [7, 11) is 0. The Morgan fingerprint density at radius 2 is 1.62 bits per heavy atom. The molecule has 0 aromatic heterocycles. The highest BCUT2D eigenvalue weighted by molar-refractivity contribution is 6.32. The van der Waals surface area contributed by atoms with Crippen LogP contribution >= 0.6 is 23.2 Å². The van der Waals surface area contributed by atoms with Gasteiger partial charge >= 0.3 is 0 Å². The number of benzene rings is 3. The maximum Gasteiger partial charge on any atom is 0.162 e. The molecular weight excluding hydrogens is 503 g/mol. The predicted octanol–water partition coefficient (Wildman–Crippen LogP) is 8.50. The fourth-order valence-electron chi connectivity index (χ4n) is 5.38. The van der Waals surface area contributed by atoms with Gasteiger partial charge in [-0.1, -0.05) is 85.1 Å². The van der Waals surface area contributed by atoms with Gasteiger partial charge in [0.05, 0.1) is 0 Å². The van der Waals surface area contributed by atoms with Crippen LogP contribution in [-0.4, -0.2) is 16.7 Å². The monoisotopic (exact) mass is 530 g/mol. The van der Waals surface area contributed by atoms with Gasteiger partial charge in [0, 0.05) is 50.5 Å². The molecule has 1 unspecified atom stereocenters. The van der Waals surface area contributed by atoms with Crippen molar-refractivity contribution in [3.8, 4) is 0 Å². The molecule has 188 valence electrons. The molecule has 0 bridgehead atoms. The molecule has 0 fully saturated rings. The molecule has 2 aliphatic rings. The summed E-state index contributed by atoms with van der Waals surface area (Å²) < 4.78 is 0. The highest BCUT2D eigenvalue weighted by Gasteiger charge is 2.47. The van der Waals surface area contributed by atoms with Crippen molar-refractivity contribution < 1.29 is 9.90 Å². The molecule has 4 nitrogen and oxygen atoms in total. The van der Waals surface area contributed by atoms with Crippen molar-refractivity contribution >= 4 is 46.3 Å². The average Bonchev–Trinajstić information content (AvgIpc) is 2.84. The van der Waals surface area contributed by atoms with Gasteiger partial charge in [0.15, 0.2) is 5.78 Å². The number of Topliss-reactive ketones (excluding diaryl/α,β-unsaturated/α-hetero) is 1. The third-order valence-electron chi connectivity index (χ3n) is 7.10. The first-order valence-corrected chi connectivity index (χ1v) is 13.0. The lowest BCUT2D eigenvalue weighted by Crippen LogP contribution is -2.45. The van der Waals surface area contributed by atoms with Gasteiger partial charge in [0.2, 0.25) is 0 Å². The van der Waals surface area contributed by atoms with Crippen LogP contribution < -0.4 is 4.90 Å². The second kappa shape index (κ2) is 9.51. The molecule has 0 amide bonds. The lowest BCUT2D eigenvalue weighted by atomic mass is 9.67. The molecule has 0 radical (unpaired) electrons. The van der Waals surface area contributed by atoms with E-state index in [-0.39, 0.29) is 22.8 Å². The number of amidine groups is 1. The number of ketones is 1. The van der Waals surface area contributed by atoms with E-state index in [0.717, 1.165) is 11.3 Å². The maximum atomic E-state index is 13.9. The molecule has 1 aliphatic heterocycles. The molecule has 1 heterocycles. The minimum absolute atomic E-state index is 0.00293. The van der Waals surface area contributed by atoms with Gasteiger partial charge in [0.1, 0.15) is 11.6 Å². The number of anilines is 1. The molecule has 3 aromatic rings. The summed E-state index contributed by atoms with van der Waals surface area (Å²) in [4.78, 5) is 15.7. The van der Waals surface area contributed by atoms with E-state index in [1.165, 1.54) is 0 Å². The van der Waals surface area contributed by atoms with Crippen LogP contribution in [0.5, 0.6) is 0 Å². The van der Waals surface area contributed by atoms with Crippen LogP contribution in [0.3, 0.4) is 0 Å². The third-order valence-corrected chi connectivity index (χ3v) is 7.70. The van der Waals surface area contributed by atoms with Gasteiger partial charge in [-0.25, -0.2) is 0 Å². The molecule has 37 heavy (non-hydrogen) atoms. The number of carbonyl (C=O) groups excluding carboxylic acids is 1. The normalized spacial score (nSPS) is 20.7. The lowest BCUT2D eigenvalue weighted by Gasteiger charge is -2.45. The number of hydrogen-bond donors (Lipinski definition) is 2. The van der Waals surface area contributed by atoms with Gasteiger partial charge in [-0.05, 0) is 54.7 Å². The molecular formula is C31H28Cl2N2O2. The Morgan fingerprint density at radius 3 is 2.27 bits per heavy atom. The van der Waals surface area contributed by atoms with E-state index < -0.39 is 5.92 Å². The van der Waals surface area contributed by atoms with Crippen LogP contribution in [0.4, 0.5) is 5.69 Å². The number of aliphatic hydroxyl groups is 1. The summed E-state index contributed by atoms with van der Waals surface area (Å²) in [5.41, 5.74) is 4.43. The summed E-state index contributed by atoms with van der Waals surface area (Å²) in [6.07, 6.45) is 0.964. The van der Waals surface area contributed by atoms with Crippen LogP contribution in [0, 0.1) is 17.7 Å². The van der Waals surface area contributed by atoms with Crippen LogP contribution in [0.25, 0.3) is 5.76 Å². The third kappa shape index (κ3) is 4.60. The molecule has 1 aliphatic carbocycles. The fraction of sp³-hybridized carbons (Fsp3) is 0.226. The SMILES string of the molecule is Cc1ccc(/C(O)=C2\C(=N)N(c3ccc(Cl)cc3)C3=C(C(=O)CC(C)(C)C3)C2c2ccccc2Cl)cc1. The number of allylic oxidation sites excluding steroid dienone is 2. The first-order chi connectivity index (χ1) is 17.6. The second-order valence-corrected chi connectivity index (χ2v) is 11.4. The number of aryl methyl sites for hydroxylation is 1. The van der Waals surface area contributed by atoms with E-state index in [9.17, 15) is 15.3 Å². The number of aliphatic hydroxyl groups excluding tert-OH is 1. The Kier molecular flexibility index (Phi) is 6.51. The van der Waals surface area contributed by atoms with E-state index in [1.54, 1.807) is 23.1 Å². The Bertz CT molecular complexity index is 1470. The minimum Gasteiger partial charge on any atom is -0.507 e. The lowest BCUT2D eigenvalue weighted by molar-refractivity contribution is -0.118. The summed E-state index contributed by atoms with van der Waals surface area (Å²) in [5.74, 6) is -0.617. The quantitative estimate of drug-likeness (QED) is 0.333. The highest BCUT2D eigenvalue weighted by atomic mass is 35.5. The van der Waals surface area contributed by atoms with Crippen molar-refractivity contribution in [3.63, 3.8) is 0 Å². The smallest absolute Gasteiger partial charge is 0.162 e. The van der Waals surface area contributed by atoms with Gasteiger partial charge < -0.3 is 5.11 Å². The molecule has 0 spiro atoms. The van der Waals surface area contributed by atoms with Gasteiger partial charge in [-0.2, -0.15) is 0 Å². The summed E-state index contributed by atoms with van der Waals surface area (Å²) >= 11 is 12.9. The van der Waals surface area contributed by atoms with Crippen molar-refractivity contribution in [2.24, 2.45) is 5.41 Å². The van der Waals surface area contributed by atoms with Gasteiger partial charge in [-0.3, -0.25) is 15.1 Å². The molecule has 5 rings (SSSR count). The van der Waals surface area contributed by atoms with Gasteiger partial charge in [-0.15, -0.1) is 0 Å². The summed E-state index contributed by atoms with van der Waals surface area (Å²) in [6.45, 7) is 6.11. The van der Waals surface area contributed by atoms with Crippen molar-refractivity contribution in [2.75, 3.05) is 4.90 Å². The first kappa shape index (κ1) is 25.3. The zero-order valence-corrected chi connectivity index (χ0v) is 22.5. The number of carbonyl (C=O) groups is 1. The molecule has 0 saturated heterocycles. The standard InChI is InChI=1S/C31H28Cl2N2O2/c1-18-8-10-19(11-9-18)29(37)28-26(22-6-4-5-7-23(22)33)27-24(16-31(2,3)17-25(27)36)35(30(28)34)21-14-12-20(32)13-15-21/h4-15,26,34,37H,16-17H2,1-3H3/b29-28+,34-30?. The number of hydrogen-bond acceptors (Lipinski definition) is 3. The largest absolute Gasteiger partial charge is 0.507 e. The summed E-state index contributed by atoms with van der Waals surface area (Å²) in [5, 5.41) is 22.3. The fourth-order valence-corrected chi connectivity index (χ4v) is 5.75. The van der Waals surface area contributed by atoms with E-state index in [4.69, 9.17) is 23.2 Å². The van der Waals surface area contributed by atoms with E-state index in [2.05, 4.69) is 13.8 Å². The average molecular weight is 531 g/mol. The number of nitrogens with one attached hydrogen (secondary N) is 1. The molecule has 6 heteroatoms. The van der Waals surface area contributed by atoms with E-state index in [1.807, 2.05) is 61.5 Å². The molecule has 0 saturated carbocycles. The number of halogens is 2. The van der Waals surface area contributed by atoms with Crippen molar-refractivity contribution in [1.82, 2.24) is 0 Å². The van der Waals surface area contributed by atoms with Crippen LogP contribution in [0.15, 0.2) is 89.6 Å². The Balaban J connectivity index is 1.86. The first-order valence-electron chi connectivity index (χ1n) is 12.2. The Morgan fingerprint density at radius 1 is 0.973 bits per heavy atom. The maximum absolute atomic E-state index is 13.9. The number of nitrogens with zero attached hydrogens (tertiary/aromatic N) is 1. The van der Waals surface area contributed by atoms with Gasteiger partial charge in [0.25, 0.3) is 0 Å². The number of rotatable bonds is 3. The van der Waals surface area contributed by atoms with Crippen LogP contribution in [-0.2, 0) is 4.79 Å². The topological polar surface area (TPSA) is 64.4 Å². The molecule has 3 aromatic carbocycles. The second-order valence-electron chi connectivity index (χ2n) is 10.5. The molecule has 1 atom stereocenters. The van der Waals surface area contributed by atoms with Crippen molar-refractivity contribution in [1.29, 1.82) is 5.41 Å². The molecule has 2 N–H and O–H groups in total. The van der Waals surface area contributed by atoms with Crippen LogP contribution in [0.2, 0.25) is 10.0 Å². The zero-order valence-electron chi connectivity index (χ0n) is 21.0. The Hall–Kier alpha value is -3.34. The summed E-state index contributed by atoms with van der Waals surface area (Å²) in [6, 6.07) is 22.1. The van der Waals surface area contributed by atoms with Crippen LogP contribution in [0.1, 0.15) is 49.3 Å². The van der Waals surface area contributed by atoms with Crippen molar-refractivity contribution in [2.45, 2.75) is 39.5 Å². The minimum atomic E-state index is -0.676. The van der Waals surface area contributed by atoms with E-state index in [0.29, 0.717) is 50.8 Å². The predicted molar refractivity (Wildman–Crippen MR) is 152 cm³/mol. The van der Waals surface area contributed by atoms with Crippen molar-refractivity contribution in [3.05, 3.63) is 116 Å². The van der Waals surface area contributed by atoms with E-state index >= 15 is 0 Å². The highest BCUT2D eigenvalue weighted by Crippen LogP contribution is 2.52.